The first-order valence-electron chi connectivity index (χ1n) is 8.18. The van der Waals surface area contributed by atoms with Crippen LogP contribution in [0.5, 0.6) is 0 Å². The molecular weight excluding hydrogens is 376 g/mol. The summed E-state index contributed by atoms with van der Waals surface area (Å²) in [6.45, 7) is 2.35. The minimum Gasteiger partial charge on any atom is -0.378 e. The third-order valence-corrected chi connectivity index (χ3v) is 4.63. The van der Waals surface area contributed by atoms with Gasteiger partial charge in [0, 0.05) is 37.4 Å². The quantitative estimate of drug-likeness (QED) is 0.689. The van der Waals surface area contributed by atoms with E-state index in [1.807, 2.05) is 50.2 Å². The van der Waals surface area contributed by atoms with Gasteiger partial charge in [0.25, 0.3) is 0 Å². The average Bonchev–Trinajstić information content (AvgIpc) is 2.61. The molecule has 0 saturated carbocycles. The first kappa shape index (κ1) is 20.5. The van der Waals surface area contributed by atoms with Crippen molar-refractivity contribution in [3.05, 3.63) is 63.4 Å². The SMILES string of the molecule is C[C@H](NCC(=O)NCc1ccc(N(C)C)cc1)c1cc(F)c(Cl)cc1Cl. The number of anilines is 1. The summed E-state index contributed by atoms with van der Waals surface area (Å²) in [5, 5.41) is 6.21. The maximum atomic E-state index is 13.6. The third kappa shape index (κ3) is 5.59. The van der Waals surface area contributed by atoms with Crippen LogP contribution in [0.15, 0.2) is 36.4 Å². The van der Waals surface area contributed by atoms with E-state index in [9.17, 15) is 9.18 Å². The summed E-state index contributed by atoms with van der Waals surface area (Å²) < 4.78 is 13.6. The summed E-state index contributed by atoms with van der Waals surface area (Å²) in [6.07, 6.45) is 0. The molecule has 0 aliphatic carbocycles. The van der Waals surface area contributed by atoms with E-state index in [4.69, 9.17) is 23.2 Å². The summed E-state index contributed by atoms with van der Waals surface area (Å²) >= 11 is 11.8. The minimum atomic E-state index is -0.537. The van der Waals surface area contributed by atoms with Gasteiger partial charge < -0.3 is 15.5 Å². The van der Waals surface area contributed by atoms with E-state index in [0.717, 1.165) is 11.3 Å². The summed E-state index contributed by atoms with van der Waals surface area (Å²) in [4.78, 5) is 14.0. The predicted octanol–water partition coefficient (Wildman–Crippen LogP) is 4.17. The number of nitrogens with zero attached hydrogens (tertiary/aromatic N) is 1. The Morgan fingerprint density at radius 3 is 2.42 bits per heavy atom. The topological polar surface area (TPSA) is 44.4 Å². The van der Waals surface area contributed by atoms with Crippen molar-refractivity contribution in [1.82, 2.24) is 10.6 Å². The number of halogens is 3. The summed E-state index contributed by atoms with van der Waals surface area (Å²) in [5.41, 5.74) is 2.67. The lowest BCUT2D eigenvalue weighted by Gasteiger charge is -2.16. The molecule has 2 aromatic rings. The number of nitrogens with one attached hydrogen (secondary N) is 2. The second kappa shape index (κ2) is 9.21. The van der Waals surface area contributed by atoms with Gasteiger partial charge in [-0.3, -0.25) is 4.79 Å². The monoisotopic (exact) mass is 397 g/mol. The van der Waals surface area contributed by atoms with Gasteiger partial charge in [0.1, 0.15) is 5.82 Å². The molecule has 2 rings (SSSR count). The third-order valence-electron chi connectivity index (χ3n) is 4.02. The number of carbonyl (C=O) groups excluding carboxylic acids is 1. The van der Waals surface area contributed by atoms with Crippen molar-refractivity contribution in [3.8, 4) is 0 Å². The Hall–Kier alpha value is -1.82. The zero-order valence-electron chi connectivity index (χ0n) is 14.9. The molecule has 1 atom stereocenters. The smallest absolute Gasteiger partial charge is 0.234 e. The molecule has 0 aromatic heterocycles. The number of amides is 1. The lowest BCUT2D eigenvalue weighted by molar-refractivity contribution is -0.120. The van der Waals surface area contributed by atoms with E-state index in [0.29, 0.717) is 17.1 Å². The number of hydrogen-bond acceptors (Lipinski definition) is 3. The minimum absolute atomic E-state index is 0.0241. The van der Waals surface area contributed by atoms with Gasteiger partial charge in [0.2, 0.25) is 5.91 Å². The lowest BCUT2D eigenvalue weighted by Crippen LogP contribution is -2.34. The Kier molecular flexibility index (Phi) is 7.26. The molecule has 4 nitrogen and oxygen atoms in total. The van der Waals surface area contributed by atoms with Crippen LogP contribution >= 0.6 is 23.2 Å². The molecule has 0 bridgehead atoms. The summed E-state index contributed by atoms with van der Waals surface area (Å²) in [5.74, 6) is -0.690. The Labute approximate surface area is 163 Å². The summed E-state index contributed by atoms with van der Waals surface area (Å²) in [6, 6.07) is 10.3. The molecule has 26 heavy (non-hydrogen) atoms. The number of rotatable bonds is 7. The molecular formula is C19H22Cl2FN3O. The number of carbonyl (C=O) groups is 1. The Balaban J connectivity index is 1.84. The van der Waals surface area contributed by atoms with Crippen molar-refractivity contribution < 1.29 is 9.18 Å². The van der Waals surface area contributed by atoms with Crippen molar-refractivity contribution in [2.45, 2.75) is 19.5 Å². The zero-order valence-corrected chi connectivity index (χ0v) is 16.5. The van der Waals surface area contributed by atoms with Crippen LogP contribution in [0.3, 0.4) is 0 Å². The molecule has 0 saturated heterocycles. The van der Waals surface area contributed by atoms with Crippen LogP contribution in [0.2, 0.25) is 10.0 Å². The second-order valence-electron chi connectivity index (χ2n) is 6.23. The molecule has 0 fully saturated rings. The van der Waals surface area contributed by atoms with Crippen LogP contribution in [-0.4, -0.2) is 26.5 Å². The lowest BCUT2D eigenvalue weighted by atomic mass is 10.1. The maximum absolute atomic E-state index is 13.6. The molecule has 0 spiro atoms. The highest BCUT2D eigenvalue weighted by Crippen LogP contribution is 2.28. The van der Waals surface area contributed by atoms with E-state index in [1.165, 1.54) is 12.1 Å². The van der Waals surface area contributed by atoms with Crippen LogP contribution in [0.25, 0.3) is 0 Å². The number of hydrogen-bond donors (Lipinski definition) is 2. The number of benzene rings is 2. The molecule has 0 radical (unpaired) electrons. The van der Waals surface area contributed by atoms with Gasteiger partial charge in [-0.05, 0) is 42.3 Å². The summed E-state index contributed by atoms with van der Waals surface area (Å²) in [7, 11) is 3.95. The van der Waals surface area contributed by atoms with Gasteiger partial charge in [-0.15, -0.1) is 0 Å². The molecule has 0 aliphatic rings. The Morgan fingerprint density at radius 2 is 1.81 bits per heavy atom. The van der Waals surface area contributed by atoms with Crippen LogP contribution in [0, 0.1) is 5.82 Å². The van der Waals surface area contributed by atoms with Crippen LogP contribution in [-0.2, 0) is 11.3 Å². The molecule has 2 N–H and O–H groups in total. The van der Waals surface area contributed by atoms with E-state index in [2.05, 4.69) is 10.6 Å². The first-order valence-corrected chi connectivity index (χ1v) is 8.94. The van der Waals surface area contributed by atoms with Crippen LogP contribution in [0.1, 0.15) is 24.1 Å². The van der Waals surface area contributed by atoms with Crippen molar-refractivity contribution in [3.63, 3.8) is 0 Å². The molecule has 0 aliphatic heterocycles. The predicted molar refractivity (Wildman–Crippen MR) is 105 cm³/mol. The van der Waals surface area contributed by atoms with E-state index >= 15 is 0 Å². The van der Waals surface area contributed by atoms with Crippen LogP contribution < -0.4 is 15.5 Å². The highest BCUT2D eigenvalue weighted by atomic mass is 35.5. The van der Waals surface area contributed by atoms with Crippen molar-refractivity contribution >= 4 is 34.8 Å². The van der Waals surface area contributed by atoms with Gasteiger partial charge in [0.15, 0.2) is 0 Å². The molecule has 0 heterocycles. The van der Waals surface area contributed by atoms with Gasteiger partial charge in [-0.2, -0.15) is 0 Å². The molecule has 1 amide bonds. The highest BCUT2D eigenvalue weighted by molar-refractivity contribution is 6.35. The maximum Gasteiger partial charge on any atom is 0.234 e. The first-order chi connectivity index (χ1) is 12.3. The second-order valence-corrected chi connectivity index (χ2v) is 7.04. The zero-order chi connectivity index (χ0) is 19.3. The van der Waals surface area contributed by atoms with Crippen molar-refractivity contribution in [2.75, 3.05) is 25.5 Å². The standard InChI is InChI=1S/C19H22Cl2FN3O/c1-12(15-8-18(22)17(21)9-16(15)20)23-11-19(26)24-10-13-4-6-14(7-5-13)25(2)3/h4-9,12,23H,10-11H2,1-3H3,(H,24,26)/t12-/m0/s1. The van der Waals surface area contributed by atoms with Gasteiger partial charge in [-0.1, -0.05) is 35.3 Å². The average molecular weight is 398 g/mol. The van der Waals surface area contributed by atoms with E-state index in [1.54, 1.807) is 0 Å². The Morgan fingerprint density at radius 1 is 1.15 bits per heavy atom. The fourth-order valence-electron chi connectivity index (χ4n) is 2.40. The van der Waals surface area contributed by atoms with Gasteiger partial charge in [-0.25, -0.2) is 4.39 Å². The molecule has 7 heteroatoms. The highest BCUT2D eigenvalue weighted by Gasteiger charge is 2.14. The molecule has 2 aromatic carbocycles. The van der Waals surface area contributed by atoms with Gasteiger partial charge >= 0.3 is 0 Å². The van der Waals surface area contributed by atoms with Crippen molar-refractivity contribution in [2.24, 2.45) is 0 Å². The Bertz CT molecular complexity index is 766. The van der Waals surface area contributed by atoms with Crippen LogP contribution in [0.4, 0.5) is 10.1 Å². The fourth-order valence-corrected chi connectivity index (χ4v) is 2.95. The largest absolute Gasteiger partial charge is 0.378 e. The molecule has 140 valence electrons. The van der Waals surface area contributed by atoms with Crippen molar-refractivity contribution in [1.29, 1.82) is 0 Å². The van der Waals surface area contributed by atoms with E-state index < -0.39 is 5.82 Å². The fraction of sp³-hybridized carbons (Fsp3) is 0.316. The molecule has 0 unspecified atom stereocenters. The normalized spacial score (nSPS) is 11.9. The van der Waals surface area contributed by atoms with E-state index in [-0.39, 0.29) is 23.5 Å². The van der Waals surface area contributed by atoms with Gasteiger partial charge in [0.05, 0.1) is 11.6 Å².